The average molecular weight is 415 g/mol. The number of aryl methyl sites for hydroxylation is 2. The lowest BCUT2D eigenvalue weighted by Gasteiger charge is -2.38. The van der Waals surface area contributed by atoms with E-state index in [1.165, 1.54) is 0 Å². The normalized spacial score (nSPS) is 21.9. The molecule has 1 atom stereocenters. The highest BCUT2D eigenvalue weighted by molar-refractivity contribution is 5.79. The first-order valence-corrected chi connectivity index (χ1v) is 10.4. The van der Waals surface area contributed by atoms with Gasteiger partial charge in [0.1, 0.15) is 5.76 Å². The van der Waals surface area contributed by atoms with Gasteiger partial charge < -0.3 is 23.8 Å². The number of rotatable bonds is 5. The van der Waals surface area contributed by atoms with Crippen LogP contribution >= 0.6 is 0 Å². The third-order valence-electron chi connectivity index (χ3n) is 6.46. The quantitative estimate of drug-likeness (QED) is 0.736. The molecule has 2 saturated heterocycles. The van der Waals surface area contributed by atoms with Gasteiger partial charge in [0, 0.05) is 30.6 Å². The van der Waals surface area contributed by atoms with Gasteiger partial charge in [-0.2, -0.15) is 9.97 Å². The Morgan fingerprint density at radius 1 is 1.10 bits per heavy atom. The standard InChI is InChI=1S/C21H29N5O4/c1-14-16(15(2)30-24-14)13-26-19(27)6-8-21(26)7-5-10-25(11-9-21)20-22-17(28-3)12-18(23-20)29-4/h12H,5-11,13H2,1-4H3. The first kappa shape index (κ1) is 20.4. The molecule has 4 rings (SSSR count). The summed E-state index contributed by atoms with van der Waals surface area (Å²) in [6.45, 7) is 5.99. The van der Waals surface area contributed by atoms with Crippen molar-refractivity contribution in [2.45, 2.75) is 58.0 Å². The molecule has 30 heavy (non-hydrogen) atoms. The van der Waals surface area contributed by atoms with Crippen molar-refractivity contribution in [3.8, 4) is 11.8 Å². The van der Waals surface area contributed by atoms with Gasteiger partial charge in [0.15, 0.2) is 0 Å². The monoisotopic (exact) mass is 415 g/mol. The van der Waals surface area contributed by atoms with E-state index in [-0.39, 0.29) is 11.4 Å². The first-order chi connectivity index (χ1) is 14.5. The number of anilines is 1. The fourth-order valence-electron chi connectivity index (χ4n) is 4.66. The number of likely N-dealkylation sites (tertiary alicyclic amines) is 1. The molecule has 2 fully saturated rings. The van der Waals surface area contributed by atoms with E-state index in [4.69, 9.17) is 14.0 Å². The van der Waals surface area contributed by atoms with Crippen molar-refractivity contribution in [2.75, 3.05) is 32.2 Å². The summed E-state index contributed by atoms with van der Waals surface area (Å²) in [5.41, 5.74) is 1.73. The van der Waals surface area contributed by atoms with Crippen LogP contribution in [0.4, 0.5) is 5.95 Å². The number of ether oxygens (including phenoxy) is 2. The van der Waals surface area contributed by atoms with Crippen LogP contribution in [0, 0.1) is 13.8 Å². The van der Waals surface area contributed by atoms with Crippen LogP contribution in [0.1, 0.15) is 49.1 Å². The zero-order chi connectivity index (χ0) is 21.3. The zero-order valence-electron chi connectivity index (χ0n) is 18.1. The van der Waals surface area contributed by atoms with Crippen LogP contribution in [-0.4, -0.2) is 58.8 Å². The SMILES string of the molecule is COc1cc(OC)nc(N2CCCC3(CCC(=O)N3Cc3c(C)noc3C)CC2)n1. The molecule has 0 bridgehead atoms. The van der Waals surface area contributed by atoms with E-state index in [1.807, 2.05) is 13.8 Å². The summed E-state index contributed by atoms with van der Waals surface area (Å²) in [6, 6.07) is 1.67. The Kier molecular flexibility index (Phi) is 5.53. The first-order valence-electron chi connectivity index (χ1n) is 10.4. The highest BCUT2D eigenvalue weighted by Crippen LogP contribution is 2.41. The van der Waals surface area contributed by atoms with E-state index in [0.717, 1.165) is 55.8 Å². The van der Waals surface area contributed by atoms with Crippen LogP contribution in [-0.2, 0) is 11.3 Å². The summed E-state index contributed by atoms with van der Waals surface area (Å²) >= 11 is 0. The summed E-state index contributed by atoms with van der Waals surface area (Å²) < 4.78 is 15.9. The number of nitrogens with zero attached hydrogens (tertiary/aromatic N) is 5. The summed E-state index contributed by atoms with van der Waals surface area (Å²) in [5.74, 6) is 2.56. The molecule has 0 saturated carbocycles. The summed E-state index contributed by atoms with van der Waals surface area (Å²) in [4.78, 5) is 26.1. The number of methoxy groups -OCH3 is 2. The maximum absolute atomic E-state index is 12.8. The van der Waals surface area contributed by atoms with Crippen molar-refractivity contribution < 1.29 is 18.8 Å². The molecule has 9 heteroatoms. The molecule has 0 aliphatic carbocycles. The minimum atomic E-state index is -0.148. The number of hydrogen-bond donors (Lipinski definition) is 0. The van der Waals surface area contributed by atoms with Gasteiger partial charge in [0.05, 0.1) is 32.5 Å². The van der Waals surface area contributed by atoms with E-state index < -0.39 is 0 Å². The smallest absolute Gasteiger partial charge is 0.231 e. The van der Waals surface area contributed by atoms with Crippen LogP contribution in [0.25, 0.3) is 0 Å². The minimum Gasteiger partial charge on any atom is -0.481 e. The zero-order valence-corrected chi connectivity index (χ0v) is 18.1. The summed E-state index contributed by atoms with van der Waals surface area (Å²) in [5, 5.41) is 4.06. The lowest BCUT2D eigenvalue weighted by molar-refractivity contribution is -0.132. The Bertz CT molecular complexity index is 888. The van der Waals surface area contributed by atoms with Crippen molar-refractivity contribution in [3.63, 3.8) is 0 Å². The van der Waals surface area contributed by atoms with Gasteiger partial charge in [0.2, 0.25) is 23.6 Å². The Morgan fingerprint density at radius 2 is 1.83 bits per heavy atom. The number of hydrogen-bond acceptors (Lipinski definition) is 8. The molecule has 1 amide bonds. The second kappa shape index (κ2) is 8.12. The lowest BCUT2D eigenvalue weighted by Crippen LogP contribution is -2.46. The average Bonchev–Trinajstić information content (AvgIpc) is 3.13. The molecule has 1 unspecified atom stereocenters. The number of carbonyl (C=O) groups excluding carboxylic acids is 1. The van der Waals surface area contributed by atoms with Crippen molar-refractivity contribution >= 4 is 11.9 Å². The van der Waals surface area contributed by atoms with E-state index >= 15 is 0 Å². The molecular formula is C21H29N5O4. The summed E-state index contributed by atoms with van der Waals surface area (Å²) in [6.07, 6.45) is 4.25. The maximum atomic E-state index is 12.8. The maximum Gasteiger partial charge on any atom is 0.231 e. The summed E-state index contributed by atoms with van der Waals surface area (Å²) in [7, 11) is 3.17. The Balaban J connectivity index is 1.56. The highest BCUT2D eigenvalue weighted by atomic mass is 16.5. The fraction of sp³-hybridized carbons (Fsp3) is 0.619. The lowest BCUT2D eigenvalue weighted by atomic mass is 9.87. The fourth-order valence-corrected chi connectivity index (χ4v) is 4.66. The van der Waals surface area contributed by atoms with E-state index in [9.17, 15) is 4.79 Å². The second-order valence-corrected chi connectivity index (χ2v) is 8.10. The van der Waals surface area contributed by atoms with Crippen LogP contribution in [0.3, 0.4) is 0 Å². The van der Waals surface area contributed by atoms with Crippen molar-refractivity contribution in [1.29, 1.82) is 0 Å². The van der Waals surface area contributed by atoms with Gasteiger partial charge in [-0.1, -0.05) is 5.16 Å². The van der Waals surface area contributed by atoms with Gasteiger partial charge in [-0.25, -0.2) is 0 Å². The topological polar surface area (TPSA) is 93.8 Å². The van der Waals surface area contributed by atoms with E-state index in [0.29, 0.717) is 30.7 Å². The molecular weight excluding hydrogens is 386 g/mol. The van der Waals surface area contributed by atoms with E-state index in [1.54, 1.807) is 20.3 Å². The van der Waals surface area contributed by atoms with Crippen molar-refractivity contribution in [3.05, 3.63) is 23.1 Å². The number of amides is 1. The molecule has 2 aromatic rings. The predicted molar refractivity (Wildman–Crippen MR) is 110 cm³/mol. The molecule has 9 nitrogen and oxygen atoms in total. The van der Waals surface area contributed by atoms with Gasteiger partial charge in [-0.15, -0.1) is 0 Å². The molecule has 2 aliphatic rings. The largest absolute Gasteiger partial charge is 0.481 e. The Morgan fingerprint density at radius 3 is 2.47 bits per heavy atom. The molecule has 0 radical (unpaired) electrons. The number of carbonyl (C=O) groups is 1. The van der Waals surface area contributed by atoms with E-state index in [2.05, 4.69) is 24.9 Å². The molecule has 2 aliphatic heterocycles. The second-order valence-electron chi connectivity index (χ2n) is 8.10. The number of aromatic nitrogens is 3. The molecule has 0 N–H and O–H groups in total. The Labute approximate surface area is 176 Å². The third-order valence-corrected chi connectivity index (χ3v) is 6.46. The van der Waals surface area contributed by atoms with Gasteiger partial charge >= 0.3 is 0 Å². The molecule has 1 spiro atoms. The van der Waals surface area contributed by atoms with Crippen LogP contribution in [0.2, 0.25) is 0 Å². The molecule has 162 valence electrons. The molecule has 4 heterocycles. The van der Waals surface area contributed by atoms with Crippen LogP contribution in [0.5, 0.6) is 11.8 Å². The van der Waals surface area contributed by atoms with Gasteiger partial charge in [-0.3, -0.25) is 4.79 Å². The minimum absolute atomic E-state index is 0.148. The highest BCUT2D eigenvalue weighted by Gasteiger charge is 2.46. The van der Waals surface area contributed by atoms with Gasteiger partial charge in [-0.05, 0) is 39.5 Å². The van der Waals surface area contributed by atoms with Crippen LogP contribution in [0.15, 0.2) is 10.6 Å². The van der Waals surface area contributed by atoms with Crippen LogP contribution < -0.4 is 14.4 Å². The molecule has 0 aromatic carbocycles. The predicted octanol–water partition coefficient (Wildman–Crippen LogP) is 2.65. The Hall–Kier alpha value is -2.84. The molecule has 2 aromatic heterocycles. The van der Waals surface area contributed by atoms with Crippen molar-refractivity contribution in [2.24, 2.45) is 0 Å². The van der Waals surface area contributed by atoms with Gasteiger partial charge in [0.25, 0.3) is 0 Å². The van der Waals surface area contributed by atoms with Crippen molar-refractivity contribution in [1.82, 2.24) is 20.0 Å². The third kappa shape index (κ3) is 3.68.